The first-order valence-corrected chi connectivity index (χ1v) is 3.29. The van der Waals surface area contributed by atoms with E-state index in [2.05, 4.69) is 10.2 Å². The van der Waals surface area contributed by atoms with Crippen molar-refractivity contribution in [2.24, 2.45) is 0 Å². The molecular weight excluding hydrogens is 132 g/mol. The van der Waals surface area contributed by atoms with Gasteiger partial charge in [-0.1, -0.05) is 13.8 Å². The van der Waals surface area contributed by atoms with Crippen molar-refractivity contribution in [3.63, 3.8) is 0 Å². The highest BCUT2D eigenvalue weighted by atomic mass is 16.4. The Bertz CT molecular complexity index is 250. The molecule has 1 unspecified atom stereocenters. The van der Waals surface area contributed by atoms with Crippen LogP contribution in [0, 0.1) is 0 Å². The molecule has 0 amide bonds. The minimum atomic E-state index is -0.477. The van der Waals surface area contributed by atoms with Crippen LogP contribution in [0.4, 0.5) is 0 Å². The number of aromatic amines is 1. The van der Waals surface area contributed by atoms with Crippen LogP contribution in [0.25, 0.3) is 0 Å². The maximum Gasteiger partial charge on any atom is 0.434 e. The van der Waals surface area contributed by atoms with Crippen LogP contribution in [-0.2, 0) is 0 Å². The molecule has 0 saturated heterocycles. The third kappa shape index (κ3) is 1.26. The molecule has 1 rings (SSSR count). The summed E-state index contributed by atoms with van der Waals surface area (Å²) in [5, 5.41) is 5.89. The molecule has 1 aromatic rings. The summed E-state index contributed by atoms with van der Waals surface area (Å²) in [6.07, 6.45) is 0.924. The lowest BCUT2D eigenvalue weighted by Crippen LogP contribution is -1.94. The molecule has 0 aliphatic heterocycles. The van der Waals surface area contributed by atoms with Gasteiger partial charge in [-0.25, -0.2) is 9.89 Å². The summed E-state index contributed by atoms with van der Waals surface area (Å²) in [7, 11) is 0. The lowest BCUT2D eigenvalue weighted by Gasteiger charge is -1.97. The van der Waals surface area contributed by atoms with Crippen molar-refractivity contribution in [3.05, 3.63) is 16.4 Å². The molecule has 10 heavy (non-hydrogen) atoms. The smallest absolute Gasteiger partial charge is 0.392 e. The fourth-order valence-electron chi connectivity index (χ4n) is 0.627. The van der Waals surface area contributed by atoms with E-state index in [1.54, 1.807) is 0 Å². The van der Waals surface area contributed by atoms with E-state index in [0.29, 0.717) is 5.89 Å². The standard InChI is InChI=1S/C6H10N2O2/c1-3-4(2)5-7-8-6(9)10-5/h4H,3H2,1-2H3,(H,8,9). The Morgan fingerprint density at radius 3 is 2.90 bits per heavy atom. The van der Waals surface area contributed by atoms with Crippen molar-refractivity contribution in [2.45, 2.75) is 26.2 Å². The van der Waals surface area contributed by atoms with Gasteiger partial charge in [0.1, 0.15) is 0 Å². The normalized spacial score (nSPS) is 13.4. The maximum atomic E-state index is 10.4. The number of hydrogen-bond donors (Lipinski definition) is 1. The molecule has 56 valence electrons. The molecule has 1 N–H and O–H groups in total. The van der Waals surface area contributed by atoms with Crippen LogP contribution in [0.3, 0.4) is 0 Å². The highest BCUT2D eigenvalue weighted by molar-refractivity contribution is 4.83. The summed E-state index contributed by atoms with van der Waals surface area (Å²) in [5.41, 5.74) is 0. The van der Waals surface area contributed by atoms with E-state index >= 15 is 0 Å². The van der Waals surface area contributed by atoms with E-state index in [4.69, 9.17) is 4.42 Å². The Morgan fingerprint density at radius 1 is 1.80 bits per heavy atom. The average Bonchev–Trinajstić information content (AvgIpc) is 2.34. The van der Waals surface area contributed by atoms with E-state index < -0.39 is 5.76 Å². The van der Waals surface area contributed by atoms with Crippen molar-refractivity contribution in [2.75, 3.05) is 0 Å². The van der Waals surface area contributed by atoms with Crippen molar-refractivity contribution >= 4 is 0 Å². The van der Waals surface area contributed by atoms with Crippen molar-refractivity contribution < 1.29 is 4.42 Å². The SMILES string of the molecule is CCC(C)c1n[nH]c(=O)o1. The third-order valence-corrected chi connectivity index (χ3v) is 1.49. The van der Waals surface area contributed by atoms with Crippen LogP contribution in [-0.4, -0.2) is 10.2 Å². The number of H-pyrrole nitrogens is 1. The number of hydrogen-bond acceptors (Lipinski definition) is 3. The van der Waals surface area contributed by atoms with Crippen LogP contribution in [0.2, 0.25) is 0 Å². The summed E-state index contributed by atoms with van der Waals surface area (Å²) >= 11 is 0. The van der Waals surface area contributed by atoms with Gasteiger partial charge in [-0.2, -0.15) is 0 Å². The molecule has 1 heterocycles. The molecule has 4 nitrogen and oxygen atoms in total. The zero-order valence-electron chi connectivity index (χ0n) is 6.05. The van der Waals surface area contributed by atoms with Crippen molar-refractivity contribution in [1.29, 1.82) is 0 Å². The van der Waals surface area contributed by atoms with Gasteiger partial charge in [0.2, 0.25) is 5.89 Å². The van der Waals surface area contributed by atoms with E-state index in [0.717, 1.165) is 6.42 Å². The second-order valence-electron chi connectivity index (χ2n) is 2.26. The zero-order chi connectivity index (χ0) is 7.56. The Balaban J connectivity index is 2.84. The topological polar surface area (TPSA) is 58.9 Å². The second-order valence-corrected chi connectivity index (χ2v) is 2.26. The minimum Gasteiger partial charge on any atom is -0.392 e. The number of aromatic nitrogens is 2. The maximum absolute atomic E-state index is 10.4. The van der Waals surface area contributed by atoms with Gasteiger partial charge in [-0.3, -0.25) is 0 Å². The summed E-state index contributed by atoms with van der Waals surface area (Å²) in [5.74, 6) is 0.238. The summed E-state index contributed by atoms with van der Waals surface area (Å²) < 4.78 is 4.71. The van der Waals surface area contributed by atoms with E-state index in [9.17, 15) is 4.79 Å². The predicted molar refractivity (Wildman–Crippen MR) is 35.8 cm³/mol. The molecular formula is C6H10N2O2. The van der Waals surface area contributed by atoms with Gasteiger partial charge in [0.05, 0.1) is 0 Å². The monoisotopic (exact) mass is 142 g/mol. The Hall–Kier alpha value is -1.06. The number of rotatable bonds is 2. The first-order chi connectivity index (χ1) is 4.74. The van der Waals surface area contributed by atoms with E-state index in [-0.39, 0.29) is 5.92 Å². The lowest BCUT2D eigenvalue weighted by molar-refractivity contribution is 0.428. The molecule has 1 aromatic heterocycles. The van der Waals surface area contributed by atoms with Crippen LogP contribution in [0.1, 0.15) is 32.1 Å². The Kier molecular flexibility index (Phi) is 1.89. The Labute approximate surface area is 58.3 Å². The largest absolute Gasteiger partial charge is 0.434 e. The van der Waals surface area contributed by atoms with Crippen molar-refractivity contribution in [3.8, 4) is 0 Å². The highest BCUT2D eigenvalue weighted by Crippen LogP contribution is 2.12. The van der Waals surface area contributed by atoms with Crippen LogP contribution >= 0.6 is 0 Å². The molecule has 4 heteroatoms. The van der Waals surface area contributed by atoms with Crippen LogP contribution < -0.4 is 5.76 Å². The predicted octanol–water partition coefficient (Wildman–Crippen LogP) is 0.876. The van der Waals surface area contributed by atoms with Gasteiger partial charge in [0.15, 0.2) is 0 Å². The molecule has 0 radical (unpaired) electrons. The van der Waals surface area contributed by atoms with Gasteiger partial charge >= 0.3 is 5.76 Å². The van der Waals surface area contributed by atoms with Crippen LogP contribution in [0.5, 0.6) is 0 Å². The van der Waals surface area contributed by atoms with Gasteiger partial charge in [-0.05, 0) is 6.42 Å². The summed E-state index contributed by atoms with van der Waals surface area (Å²) in [4.78, 5) is 10.4. The van der Waals surface area contributed by atoms with Crippen molar-refractivity contribution in [1.82, 2.24) is 10.2 Å². The summed E-state index contributed by atoms with van der Waals surface area (Å²) in [6, 6.07) is 0. The van der Waals surface area contributed by atoms with Gasteiger partial charge < -0.3 is 4.42 Å². The Morgan fingerprint density at radius 2 is 2.50 bits per heavy atom. The fraction of sp³-hybridized carbons (Fsp3) is 0.667. The van der Waals surface area contributed by atoms with Gasteiger partial charge in [-0.15, -0.1) is 5.10 Å². The van der Waals surface area contributed by atoms with Gasteiger partial charge in [0, 0.05) is 5.92 Å². The molecule has 0 saturated carbocycles. The van der Waals surface area contributed by atoms with E-state index in [1.807, 2.05) is 13.8 Å². The number of nitrogens with zero attached hydrogens (tertiary/aromatic N) is 1. The first kappa shape index (κ1) is 7.05. The van der Waals surface area contributed by atoms with E-state index in [1.165, 1.54) is 0 Å². The summed E-state index contributed by atoms with van der Waals surface area (Å²) in [6.45, 7) is 3.97. The minimum absolute atomic E-state index is 0.221. The molecule has 0 spiro atoms. The van der Waals surface area contributed by atoms with Crippen LogP contribution in [0.15, 0.2) is 9.21 Å². The molecule has 0 aromatic carbocycles. The first-order valence-electron chi connectivity index (χ1n) is 3.29. The molecule has 0 aliphatic carbocycles. The zero-order valence-corrected chi connectivity index (χ0v) is 6.05. The average molecular weight is 142 g/mol. The quantitative estimate of drug-likeness (QED) is 0.666. The molecule has 0 bridgehead atoms. The fourth-order valence-corrected chi connectivity index (χ4v) is 0.627. The molecule has 0 fully saturated rings. The van der Waals surface area contributed by atoms with Gasteiger partial charge in [0.25, 0.3) is 0 Å². The number of nitrogens with one attached hydrogen (secondary N) is 1. The molecule has 0 aliphatic rings. The second kappa shape index (κ2) is 2.68. The molecule has 1 atom stereocenters. The lowest BCUT2D eigenvalue weighted by atomic mass is 10.1. The third-order valence-electron chi connectivity index (χ3n) is 1.49. The highest BCUT2D eigenvalue weighted by Gasteiger charge is 2.08.